The molecule has 0 aliphatic carbocycles. The number of rotatable bonds is 5. The minimum absolute atomic E-state index is 0.800. The van der Waals surface area contributed by atoms with Gasteiger partial charge in [0.15, 0.2) is 0 Å². The number of nitrogens with one attached hydrogen (secondary N) is 2. The van der Waals surface area contributed by atoms with Crippen LogP contribution in [0.1, 0.15) is 12.8 Å². The van der Waals surface area contributed by atoms with Gasteiger partial charge in [0.1, 0.15) is 0 Å². The van der Waals surface area contributed by atoms with Gasteiger partial charge in [0, 0.05) is 12.7 Å². The minimum Gasteiger partial charge on any atom is -0.316 e. The summed E-state index contributed by atoms with van der Waals surface area (Å²) in [4.78, 5) is 0. The summed E-state index contributed by atoms with van der Waals surface area (Å²) >= 11 is 0. The first-order valence-corrected chi connectivity index (χ1v) is 5.70. The summed E-state index contributed by atoms with van der Waals surface area (Å²) in [6.07, 6.45) is 6.27. The maximum atomic E-state index is 3.91. The average Bonchev–Trinajstić information content (AvgIpc) is 2.79. The smallest absolute Gasteiger partial charge is 0.0692 e. The van der Waals surface area contributed by atoms with Crippen molar-refractivity contribution >= 4 is 0 Å². The van der Waals surface area contributed by atoms with E-state index in [1.165, 1.54) is 19.4 Å². The molecule has 15 heavy (non-hydrogen) atoms. The molecule has 1 saturated heterocycles. The van der Waals surface area contributed by atoms with Crippen LogP contribution in [0.15, 0.2) is 12.4 Å². The van der Waals surface area contributed by atoms with E-state index >= 15 is 0 Å². The van der Waals surface area contributed by atoms with Crippen LogP contribution in [0.5, 0.6) is 0 Å². The number of nitrogens with zero attached hydrogens (tertiary/aromatic N) is 3. The second-order valence-electron chi connectivity index (χ2n) is 4.08. The molecular weight excluding hydrogens is 190 g/mol. The summed E-state index contributed by atoms with van der Waals surface area (Å²) in [5.74, 6) is 0.800. The predicted octanol–water partition coefficient (Wildman–Crippen LogP) is -0.133. The summed E-state index contributed by atoms with van der Waals surface area (Å²) in [6, 6.07) is 0. The SMILES string of the molecule is c1cn(CCNCC2CCCNC2)nn1. The van der Waals surface area contributed by atoms with E-state index in [-0.39, 0.29) is 0 Å². The lowest BCUT2D eigenvalue weighted by molar-refractivity contribution is 0.356. The molecule has 0 amide bonds. The molecule has 5 nitrogen and oxygen atoms in total. The van der Waals surface area contributed by atoms with Gasteiger partial charge in [-0.1, -0.05) is 5.21 Å². The average molecular weight is 209 g/mol. The number of hydrogen-bond acceptors (Lipinski definition) is 4. The van der Waals surface area contributed by atoms with Crippen molar-refractivity contribution in [3.8, 4) is 0 Å². The van der Waals surface area contributed by atoms with Crippen molar-refractivity contribution in [2.45, 2.75) is 19.4 Å². The van der Waals surface area contributed by atoms with Crippen molar-refractivity contribution in [2.75, 3.05) is 26.2 Å². The maximum Gasteiger partial charge on any atom is 0.0692 e. The van der Waals surface area contributed by atoms with Gasteiger partial charge in [0.05, 0.1) is 12.7 Å². The third kappa shape index (κ3) is 3.60. The van der Waals surface area contributed by atoms with Crippen LogP contribution in [0.4, 0.5) is 0 Å². The fourth-order valence-electron chi connectivity index (χ4n) is 1.95. The summed E-state index contributed by atoms with van der Waals surface area (Å²) < 4.78 is 1.85. The topological polar surface area (TPSA) is 54.8 Å². The van der Waals surface area contributed by atoms with E-state index in [9.17, 15) is 0 Å². The molecule has 2 rings (SSSR count). The highest BCUT2D eigenvalue weighted by atomic mass is 15.4. The first kappa shape index (κ1) is 10.6. The monoisotopic (exact) mass is 209 g/mol. The fourth-order valence-corrected chi connectivity index (χ4v) is 1.95. The standard InChI is InChI=1S/C10H19N5/c1-2-10(8-11-3-1)9-12-4-6-15-7-5-13-14-15/h5,7,10-12H,1-4,6,8-9H2. The second kappa shape index (κ2) is 5.82. The quantitative estimate of drug-likeness (QED) is 0.663. The number of piperidine rings is 1. The normalized spacial score (nSPS) is 21.7. The zero-order chi connectivity index (χ0) is 10.3. The van der Waals surface area contributed by atoms with Crippen LogP contribution in [0.3, 0.4) is 0 Å². The number of hydrogen-bond donors (Lipinski definition) is 2. The molecule has 1 aromatic rings. The van der Waals surface area contributed by atoms with Crippen LogP contribution in [0.25, 0.3) is 0 Å². The molecule has 0 radical (unpaired) electrons. The molecule has 2 heterocycles. The highest BCUT2D eigenvalue weighted by Crippen LogP contribution is 2.07. The third-order valence-electron chi connectivity index (χ3n) is 2.82. The van der Waals surface area contributed by atoms with Crippen molar-refractivity contribution in [3.05, 3.63) is 12.4 Å². The van der Waals surface area contributed by atoms with Crippen molar-refractivity contribution in [1.82, 2.24) is 25.6 Å². The van der Waals surface area contributed by atoms with Gasteiger partial charge in [0.25, 0.3) is 0 Å². The van der Waals surface area contributed by atoms with Gasteiger partial charge in [0.2, 0.25) is 0 Å². The number of aromatic nitrogens is 3. The molecule has 0 saturated carbocycles. The Morgan fingerprint density at radius 3 is 3.27 bits per heavy atom. The van der Waals surface area contributed by atoms with Gasteiger partial charge in [-0.15, -0.1) is 5.10 Å². The Kier molecular flexibility index (Phi) is 4.11. The molecule has 1 fully saturated rings. The molecule has 2 N–H and O–H groups in total. The Morgan fingerprint density at radius 1 is 1.53 bits per heavy atom. The van der Waals surface area contributed by atoms with Gasteiger partial charge >= 0.3 is 0 Å². The van der Waals surface area contributed by atoms with Gasteiger partial charge in [-0.3, -0.25) is 4.68 Å². The zero-order valence-corrected chi connectivity index (χ0v) is 9.02. The van der Waals surface area contributed by atoms with Crippen LogP contribution < -0.4 is 10.6 Å². The first-order valence-electron chi connectivity index (χ1n) is 5.70. The van der Waals surface area contributed by atoms with Crippen LogP contribution >= 0.6 is 0 Å². The van der Waals surface area contributed by atoms with Crippen LogP contribution in [0, 0.1) is 5.92 Å². The maximum absolute atomic E-state index is 3.91. The van der Waals surface area contributed by atoms with Gasteiger partial charge in [-0.05, 0) is 38.4 Å². The Morgan fingerprint density at radius 2 is 2.53 bits per heavy atom. The van der Waals surface area contributed by atoms with E-state index < -0.39 is 0 Å². The highest BCUT2D eigenvalue weighted by molar-refractivity contribution is 4.71. The molecule has 1 aliphatic heterocycles. The van der Waals surface area contributed by atoms with Crippen LogP contribution in [0.2, 0.25) is 0 Å². The van der Waals surface area contributed by atoms with E-state index in [1.807, 2.05) is 10.9 Å². The summed E-state index contributed by atoms with van der Waals surface area (Å²) in [6.45, 7) is 5.34. The van der Waals surface area contributed by atoms with Gasteiger partial charge in [-0.2, -0.15) is 0 Å². The Hall–Kier alpha value is -0.940. The van der Waals surface area contributed by atoms with E-state index in [4.69, 9.17) is 0 Å². The van der Waals surface area contributed by atoms with Crippen molar-refractivity contribution in [2.24, 2.45) is 5.92 Å². The van der Waals surface area contributed by atoms with Gasteiger partial charge < -0.3 is 10.6 Å². The predicted molar refractivity (Wildman–Crippen MR) is 58.5 cm³/mol. The lowest BCUT2D eigenvalue weighted by Crippen LogP contribution is -2.36. The molecule has 0 spiro atoms. The largest absolute Gasteiger partial charge is 0.316 e. The van der Waals surface area contributed by atoms with Crippen LogP contribution in [-0.2, 0) is 6.54 Å². The van der Waals surface area contributed by atoms with E-state index in [1.54, 1.807) is 6.20 Å². The molecule has 1 unspecified atom stereocenters. The summed E-state index contributed by atoms with van der Waals surface area (Å²) in [5, 5.41) is 14.6. The molecule has 5 heteroatoms. The molecule has 84 valence electrons. The fraction of sp³-hybridized carbons (Fsp3) is 0.800. The first-order chi connectivity index (χ1) is 7.45. The highest BCUT2D eigenvalue weighted by Gasteiger charge is 2.11. The van der Waals surface area contributed by atoms with E-state index in [0.29, 0.717) is 0 Å². The van der Waals surface area contributed by atoms with E-state index in [0.717, 1.165) is 32.1 Å². The van der Waals surface area contributed by atoms with Crippen LogP contribution in [-0.4, -0.2) is 41.2 Å². The van der Waals surface area contributed by atoms with Crippen molar-refractivity contribution in [1.29, 1.82) is 0 Å². The Balaban J connectivity index is 1.54. The Bertz CT molecular complexity index is 253. The zero-order valence-electron chi connectivity index (χ0n) is 9.02. The van der Waals surface area contributed by atoms with Crippen molar-refractivity contribution in [3.63, 3.8) is 0 Å². The van der Waals surface area contributed by atoms with E-state index in [2.05, 4.69) is 20.9 Å². The Labute approximate surface area is 90.2 Å². The van der Waals surface area contributed by atoms with Gasteiger partial charge in [-0.25, -0.2) is 0 Å². The molecule has 1 atom stereocenters. The molecule has 0 aromatic carbocycles. The lowest BCUT2D eigenvalue weighted by atomic mass is 10.00. The second-order valence-corrected chi connectivity index (χ2v) is 4.08. The molecule has 1 aliphatic rings. The minimum atomic E-state index is 0.800. The van der Waals surface area contributed by atoms with Crippen molar-refractivity contribution < 1.29 is 0 Å². The lowest BCUT2D eigenvalue weighted by Gasteiger charge is -2.22. The summed E-state index contributed by atoms with van der Waals surface area (Å²) in [5.41, 5.74) is 0. The molecule has 1 aromatic heterocycles. The molecular formula is C10H19N5. The third-order valence-corrected chi connectivity index (χ3v) is 2.82. The summed E-state index contributed by atoms with van der Waals surface area (Å²) in [7, 11) is 0. The molecule has 0 bridgehead atoms.